The monoisotopic (exact) mass is 1100 g/mol. The van der Waals surface area contributed by atoms with E-state index in [-0.39, 0.29) is 0 Å². The smallest absolute Gasteiger partial charge is 0.208 e. The molecular weight excluding hydrogens is 1070 g/mol. The molecule has 1 heterocycles. The van der Waals surface area contributed by atoms with Crippen molar-refractivity contribution in [3.63, 3.8) is 0 Å². The summed E-state index contributed by atoms with van der Waals surface area (Å²) in [5.74, 6) is -51.7. The van der Waals surface area contributed by atoms with Crippen molar-refractivity contribution in [3.05, 3.63) is 0 Å². The summed E-state index contributed by atoms with van der Waals surface area (Å²) in [5, 5.41) is 324. The third-order valence-electron chi connectivity index (χ3n) is 13.3. The van der Waals surface area contributed by atoms with E-state index in [1.54, 1.807) is 0 Å². The Bertz CT molecular complexity index is 4420. The second kappa shape index (κ2) is 15.6. The molecular formula is C48H30O31. The number of fused-ring (bicyclic) bond motifs is 7. The van der Waals surface area contributed by atoms with E-state index in [1.807, 2.05) is 0 Å². The van der Waals surface area contributed by atoms with Crippen LogP contribution in [-0.4, -0.2) is 153 Å². The first-order valence-electron chi connectivity index (χ1n) is 21.1. The van der Waals surface area contributed by atoms with Crippen LogP contribution in [0, 0.1) is 0 Å². The largest absolute Gasteiger partial charge is 0.506 e. The van der Waals surface area contributed by atoms with Gasteiger partial charge in [0, 0.05) is 32.7 Å². The Morgan fingerprint density at radius 3 is 0.595 bits per heavy atom. The van der Waals surface area contributed by atoms with Crippen LogP contribution in [0.25, 0.3) is 98.8 Å². The molecule has 10 rings (SSSR count). The summed E-state index contributed by atoms with van der Waals surface area (Å²) >= 11 is 0. The first kappa shape index (κ1) is 50.1. The highest BCUT2D eigenvalue weighted by molar-refractivity contribution is 6.33. The van der Waals surface area contributed by atoms with Crippen molar-refractivity contribution in [2.45, 2.75) is 0 Å². The van der Waals surface area contributed by atoms with E-state index in [9.17, 15) is 153 Å². The molecule has 0 aliphatic rings. The van der Waals surface area contributed by atoms with Gasteiger partial charge in [-0.1, -0.05) is 0 Å². The lowest BCUT2D eigenvalue weighted by molar-refractivity contribution is 0.329. The number of rotatable bonds is 4. The van der Waals surface area contributed by atoms with Gasteiger partial charge in [-0.2, -0.15) is 0 Å². The zero-order chi connectivity index (χ0) is 58.4. The highest BCUT2D eigenvalue weighted by Crippen LogP contribution is 2.70. The molecule has 0 atom stereocenters. The Hall–Kier alpha value is -12.4. The Kier molecular flexibility index (Phi) is 9.86. The molecule has 0 aliphatic heterocycles. The summed E-state index contributed by atoms with van der Waals surface area (Å²) in [6, 6.07) is 0. The third kappa shape index (κ3) is 5.70. The van der Waals surface area contributed by atoms with Gasteiger partial charge in [-0.05, 0) is 0 Å². The third-order valence-corrected chi connectivity index (χ3v) is 13.3. The van der Waals surface area contributed by atoms with Gasteiger partial charge in [0.2, 0.25) is 57.5 Å². The molecule has 10 aromatic rings. The van der Waals surface area contributed by atoms with E-state index >= 15 is 0 Å². The minimum atomic E-state index is -1.98. The highest BCUT2D eigenvalue weighted by atomic mass is 16.4. The predicted octanol–water partition coefficient (Wildman–Crippen LogP) is 4.88. The number of hydrogen-bond donors (Lipinski definition) is 30. The minimum absolute atomic E-state index is 0.995. The molecule has 0 aliphatic carbocycles. The van der Waals surface area contributed by atoms with Gasteiger partial charge in [-0.3, -0.25) is 0 Å². The van der Waals surface area contributed by atoms with E-state index in [0.717, 1.165) is 0 Å². The molecule has 79 heavy (non-hydrogen) atoms. The van der Waals surface area contributed by atoms with Crippen molar-refractivity contribution < 1.29 is 158 Å². The lowest BCUT2D eigenvalue weighted by Crippen LogP contribution is -1.97. The molecule has 0 unspecified atom stereocenters. The second-order valence-electron chi connectivity index (χ2n) is 17.2. The average molecular weight is 1100 g/mol. The summed E-state index contributed by atoms with van der Waals surface area (Å²) in [6.07, 6.45) is 0. The topological polar surface area (TPSA) is 620 Å². The zero-order valence-electron chi connectivity index (χ0n) is 37.8. The lowest BCUT2D eigenvalue weighted by atomic mass is 9.81. The van der Waals surface area contributed by atoms with Crippen LogP contribution in [0.4, 0.5) is 0 Å². The summed E-state index contributed by atoms with van der Waals surface area (Å²) in [4.78, 5) is 0. The maximum absolute atomic E-state index is 12.3. The maximum Gasteiger partial charge on any atom is 0.208 e. The second-order valence-corrected chi connectivity index (χ2v) is 17.2. The van der Waals surface area contributed by atoms with Gasteiger partial charge in [-0.15, -0.1) is 0 Å². The minimum Gasteiger partial charge on any atom is -0.506 e. The molecule has 0 bridgehead atoms. The van der Waals surface area contributed by atoms with Gasteiger partial charge in [0.25, 0.3) is 0 Å². The van der Waals surface area contributed by atoms with E-state index in [4.69, 9.17) is 4.42 Å². The number of furan rings is 1. The van der Waals surface area contributed by atoms with Gasteiger partial charge in [0.05, 0.1) is 54.9 Å². The lowest BCUT2D eigenvalue weighted by Gasteiger charge is -2.25. The Morgan fingerprint density at radius 2 is 0.278 bits per heavy atom. The first-order chi connectivity index (χ1) is 36.8. The molecule has 1 aromatic heterocycles. The molecule has 30 N–H and O–H groups in total. The molecule has 0 saturated carbocycles. The fraction of sp³-hybridized carbons (Fsp3) is 0. The summed E-state index contributed by atoms with van der Waals surface area (Å²) < 4.78 is 5.55. The van der Waals surface area contributed by atoms with Crippen LogP contribution >= 0.6 is 0 Å². The van der Waals surface area contributed by atoms with Gasteiger partial charge in [0.1, 0.15) is 5.75 Å². The molecule has 0 fully saturated rings. The standard InChI is InChI=1S/C48H30O31/c49-17-7(34(66)46(78)48-15(17)16-35(67)30(62)13-14(47(16)79-48)36(68)44(76)41(73)33(13)65)1-3-5(20(52)39(71)37(69)18(3)50)2(6-4(1)19(51)38(70)40(72)21(6)53)8-22(54)24(56)9(25(57)23(8)55)10-26(58)28(60)11(29(61)27(10)59)12-31(63)42(74)45(77)43(75)32(12)64/h49-78H. The zero-order valence-corrected chi connectivity index (χ0v) is 37.8. The first-order valence-corrected chi connectivity index (χ1v) is 21.1. The van der Waals surface area contributed by atoms with E-state index in [1.165, 1.54) is 0 Å². The van der Waals surface area contributed by atoms with Gasteiger partial charge in [-0.25, -0.2) is 0 Å². The molecule has 0 saturated heterocycles. The van der Waals surface area contributed by atoms with Crippen molar-refractivity contribution in [1.29, 1.82) is 0 Å². The maximum atomic E-state index is 12.3. The van der Waals surface area contributed by atoms with Crippen LogP contribution in [0.5, 0.6) is 172 Å². The SMILES string of the molecule is Oc1c(O)c(O)c(-c2c(O)c(O)c(-c3c(O)c(O)c(-c4c5c(O)c(O)c(O)c(O)c5c(-c5c(O)c(O)c6oc7c8c(O)c(O)c(O)c(O)c8c(O)c(O)c7c6c5O)c5c(O)c(O)c(O)c(O)c45)c(O)c3O)c(O)c2O)c(O)c1O. The van der Waals surface area contributed by atoms with E-state index in [2.05, 4.69) is 0 Å². The Labute approximate surface area is 428 Å². The van der Waals surface area contributed by atoms with Crippen LogP contribution in [0.15, 0.2) is 4.42 Å². The molecule has 31 nitrogen and oxygen atoms in total. The Morgan fingerprint density at radius 1 is 0.114 bits per heavy atom. The predicted molar refractivity (Wildman–Crippen MR) is 258 cm³/mol. The molecule has 9 aromatic carbocycles. The van der Waals surface area contributed by atoms with Crippen LogP contribution in [0.2, 0.25) is 0 Å². The quantitative estimate of drug-likeness (QED) is 0.0634. The fourth-order valence-electron chi connectivity index (χ4n) is 9.70. The van der Waals surface area contributed by atoms with Crippen molar-refractivity contribution in [1.82, 2.24) is 0 Å². The van der Waals surface area contributed by atoms with Crippen molar-refractivity contribution >= 4 is 54.3 Å². The number of phenolic OH excluding ortho intramolecular Hbond substituents is 30. The highest BCUT2D eigenvalue weighted by Gasteiger charge is 2.42. The van der Waals surface area contributed by atoms with Crippen LogP contribution in [0.3, 0.4) is 0 Å². The number of benzene rings is 9. The van der Waals surface area contributed by atoms with Crippen molar-refractivity contribution in [2.24, 2.45) is 0 Å². The fourth-order valence-corrected chi connectivity index (χ4v) is 9.70. The van der Waals surface area contributed by atoms with Crippen molar-refractivity contribution in [3.8, 4) is 217 Å². The van der Waals surface area contributed by atoms with E-state index in [0.29, 0.717) is 0 Å². The molecule has 0 spiro atoms. The molecule has 0 amide bonds. The van der Waals surface area contributed by atoms with Gasteiger partial charge in [0.15, 0.2) is 120 Å². The molecule has 408 valence electrons. The van der Waals surface area contributed by atoms with Gasteiger partial charge >= 0.3 is 0 Å². The Balaban J connectivity index is 1.39. The van der Waals surface area contributed by atoms with Gasteiger partial charge < -0.3 is 158 Å². The number of aromatic hydroxyl groups is 30. The van der Waals surface area contributed by atoms with E-state index < -0.39 is 271 Å². The number of hydrogen-bond acceptors (Lipinski definition) is 31. The van der Waals surface area contributed by atoms with Crippen LogP contribution in [0.1, 0.15) is 0 Å². The van der Waals surface area contributed by atoms with Crippen molar-refractivity contribution in [2.75, 3.05) is 0 Å². The summed E-state index contributed by atoms with van der Waals surface area (Å²) in [5.41, 5.74) is -14.5. The van der Waals surface area contributed by atoms with Crippen LogP contribution in [-0.2, 0) is 0 Å². The summed E-state index contributed by atoms with van der Waals surface area (Å²) in [6.45, 7) is 0. The summed E-state index contributed by atoms with van der Waals surface area (Å²) in [7, 11) is 0. The average Bonchev–Trinajstić information content (AvgIpc) is 3.72. The normalized spacial score (nSPS) is 11.8. The molecule has 31 heteroatoms. The van der Waals surface area contributed by atoms with Crippen LogP contribution < -0.4 is 0 Å². The molecule has 0 radical (unpaired) electrons. The number of phenols is 30.